The van der Waals surface area contributed by atoms with Crippen molar-refractivity contribution in [1.82, 2.24) is 15.0 Å². The maximum absolute atomic E-state index is 6.50. The van der Waals surface area contributed by atoms with Gasteiger partial charge in [-0.1, -0.05) is 152 Å². The van der Waals surface area contributed by atoms with Crippen molar-refractivity contribution in [3.05, 3.63) is 176 Å². The molecule has 0 spiro atoms. The van der Waals surface area contributed by atoms with Gasteiger partial charge in [-0.05, 0) is 68.1 Å². The summed E-state index contributed by atoms with van der Waals surface area (Å²) >= 11 is 0. The highest BCUT2D eigenvalue weighted by atomic mass is 16.3. The Morgan fingerprint density at radius 3 is 1.67 bits per heavy atom. The van der Waals surface area contributed by atoms with Crippen LogP contribution in [0.2, 0.25) is 0 Å². The molecular weight excluding hydrogens is 623 g/mol. The summed E-state index contributed by atoms with van der Waals surface area (Å²) in [5.41, 5.74) is 8.83. The van der Waals surface area contributed by atoms with Crippen molar-refractivity contribution in [2.24, 2.45) is 0 Å². The van der Waals surface area contributed by atoms with Gasteiger partial charge in [-0.15, -0.1) is 0 Å². The minimum absolute atomic E-state index is 0.585. The first-order chi connectivity index (χ1) is 25.3. The Morgan fingerprint density at radius 1 is 0.314 bits per heavy atom. The van der Waals surface area contributed by atoms with Crippen molar-refractivity contribution < 1.29 is 4.42 Å². The van der Waals surface area contributed by atoms with Gasteiger partial charge in [-0.3, -0.25) is 0 Å². The van der Waals surface area contributed by atoms with Gasteiger partial charge in [-0.25, -0.2) is 15.0 Å². The largest absolute Gasteiger partial charge is 0.456 e. The highest BCUT2D eigenvalue weighted by Gasteiger charge is 2.18. The molecule has 10 aromatic rings. The topological polar surface area (TPSA) is 51.8 Å². The van der Waals surface area contributed by atoms with Gasteiger partial charge in [0.15, 0.2) is 17.5 Å². The van der Waals surface area contributed by atoms with E-state index in [-0.39, 0.29) is 0 Å². The fourth-order valence-electron chi connectivity index (χ4n) is 7.28. The van der Waals surface area contributed by atoms with E-state index in [1.807, 2.05) is 24.3 Å². The Morgan fingerprint density at radius 2 is 0.882 bits per heavy atom. The van der Waals surface area contributed by atoms with Crippen molar-refractivity contribution in [1.29, 1.82) is 0 Å². The van der Waals surface area contributed by atoms with E-state index in [9.17, 15) is 0 Å². The van der Waals surface area contributed by atoms with Crippen LogP contribution in [0.1, 0.15) is 0 Å². The molecule has 0 unspecified atom stereocenters. The first-order valence-electron chi connectivity index (χ1n) is 17.1. The molecule has 51 heavy (non-hydrogen) atoms. The first kappa shape index (κ1) is 29.0. The Bertz CT molecular complexity index is 2910. The summed E-state index contributed by atoms with van der Waals surface area (Å²) in [5, 5.41) is 6.94. The van der Waals surface area contributed by atoms with Gasteiger partial charge < -0.3 is 4.42 Å². The molecule has 238 valence electrons. The number of furan rings is 1. The van der Waals surface area contributed by atoms with Gasteiger partial charge in [0.2, 0.25) is 0 Å². The average molecular weight is 652 g/mol. The molecule has 4 nitrogen and oxygen atoms in total. The highest BCUT2D eigenvalue weighted by molar-refractivity contribution is 6.13. The molecule has 0 aliphatic rings. The summed E-state index contributed by atoms with van der Waals surface area (Å²) in [6.45, 7) is 0. The SMILES string of the molecule is c1ccc(-c2ccccc2-c2nc(-c3ccc4c(ccc5ccccc54)c3)nc(-c3ccc4c(c3)oc3cccc(-c5ccccc5)c34)n2)cc1. The maximum Gasteiger partial charge on any atom is 0.164 e. The van der Waals surface area contributed by atoms with Crippen LogP contribution < -0.4 is 0 Å². The Labute approximate surface area is 294 Å². The Balaban J connectivity index is 1.17. The third kappa shape index (κ3) is 5.04. The maximum atomic E-state index is 6.50. The lowest BCUT2D eigenvalue weighted by molar-refractivity contribution is 0.669. The van der Waals surface area contributed by atoms with Crippen molar-refractivity contribution in [3.8, 4) is 56.4 Å². The van der Waals surface area contributed by atoms with Crippen LogP contribution in [0.5, 0.6) is 0 Å². The number of hydrogen-bond donors (Lipinski definition) is 0. The molecule has 0 aliphatic carbocycles. The zero-order valence-corrected chi connectivity index (χ0v) is 27.5. The lowest BCUT2D eigenvalue weighted by atomic mass is 9.98. The summed E-state index contributed by atoms with van der Waals surface area (Å²) in [6, 6.07) is 61.0. The number of benzene rings is 8. The van der Waals surface area contributed by atoms with Gasteiger partial charge in [0, 0.05) is 27.5 Å². The molecule has 0 N–H and O–H groups in total. The Kier molecular flexibility index (Phi) is 6.78. The normalized spacial score (nSPS) is 11.5. The van der Waals surface area contributed by atoms with Crippen LogP contribution in [0.4, 0.5) is 0 Å². The van der Waals surface area contributed by atoms with Gasteiger partial charge in [0.25, 0.3) is 0 Å². The molecule has 4 heteroatoms. The van der Waals surface area contributed by atoms with E-state index in [0.29, 0.717) is 17.5 Å². The predicted molar refractivity (Wildman–Crippen MR) is 209 cm³/mol. The molecule has 0 saturated heterocycles. The molecule has 0 fully saturated rings. The monoisotopic (exact) mass is 651 g/mol. The van der Waals surface area contributed by atoms with Crippen LogP contribution in [0.3, 0.4) is 0 Å². The van der Waals surface area contributed by atoms with E-state index >= 15 is 0 Å². The third-order valence-electron chi connectivity index (χ3n) is 9.73. The van der Waals surface area contributed by atoms with Crippen molar-refractivity contribution in [2.75, 3.05) is 0 Å². The summed E-state index contributed by atoms with van der Waals surface area (Å²) in [4.78, 5) is 15.4. The zero-order valence-electron chi connectivity index (χ0n) is 27.5. The van der Waals surface area contributed by atoms with E-state index in [2.05, 4.69) is 152 Å². The smallest absolute Gasteiger partial charge is 0.164 e. The molecule has 2 heterocycles. The van der Waals surface area contributed by atoms with Gasteiger partial charge in [-0.2, -0.15) is 0 Å². The second-order valence-electron chi connectivity index (χ2n) is 12.8. The van der Waals surface area contributed by atoms with E-state index in [4.69, 9.17) is 19.4 Å². The second-order valence-corrected chi connectivity index (χ2v) is 12.8. The second kappa shape index (κ2) is 11.9. The fourth-order valence-corrected chi connectivity index (χ4v) is 7.28. The number of nitrogens with zero attached hydrogens (tertiary/aromatic N) is 3. The highest BCUT2D eigenvalue weighted by Crippen LogP contribution is 2.39. The summed E-state index contributed by atoms with van der Waals surface area (Å²) in [6.07, 6.45) is 0. The third-order valence-corrected chi connectivity index (χ3v) is 9.73. The van der Waals surface area contributed by atoms with Crippen LogP contribution in [0, 0.1) is 0 Å². The van der Waals surface area contributed by atoms with Crippen LogP contribution in [-0.2, 0) is 0 Å². The number of aromatic nitrogens is 3. The van der Waals surface area contributed by atoms with Gasteiger partial charge in [0.05, 0.1) is 0 Å². The number of hydrogen-bond acceptors (Lipinski definition) is 4. The number of fused-ring (bicyclic) bond motifs is 6. The lowest BCUT2D eigenvalue weighted by Crippen LogP contribution is -2.01. The zero-order chi connectivity index (χ0) is 33.7. The molecule has 2 aromatic heterocycles. The van der Waals surface area contributed by atoms with Crippen LogP contribution >= 0.6 is 0 Å². The lowest BCUT2D eigenvalue weighted by Gasteiger charge is -2.12. The van der Waals surface area contributed by atoms with Crippen LogP contribution in [-0.4, -0.2) is 15.0 Å². The van der Waals surface area contributed by atoms with Crippen molar-refractivity contribution in [3.63, 3.8) is 0 Å². The van der Waals surface area contributed by atoms with E-state index in [1.54, 1.807) is 0 Å². The molecule has 0 bridgehead atoms. The quantitative estimate of drug-likeness (QED) is 0.174. The minimum Gasteiger partial charge on any atom is -0.456 e. The summed E-state index contributed by atoms with van der Waals surface area (Å²) in [5.74, 6) is 1.82. The van der Waals surface area contributed by atoms with Crippen LogP contribution in [0.25, 0.3) is 99.9 Å². The van der Waals surface area contributed by atoms with E-state index in [1.165, 1.54) is 16.2 Å². The molecular formula is C47H29N3O. The van der Waals surface area contributed by atoms with Crippen LogP contribution in [0.15, 0.2) is 180 Å². The summed E-state index contributed by atoms with van der Waals surface area (Å²) < 4.78 is 6.50. The standard InChI is InChI=1S/C47H29N3O/c1-3-12-30(13-4-1)37-18-9-10-19-40(37)47-49-45(34-24-26-38-33(28-34)23-22-32-16-7-8-17-36(32)38)48-46(50-47)35-25-27-41-43(29-35)51-42-21-11-20-39(44(41)42)31-14-5-2-6-15-31/h1-29H. The Hall–Kier alpha value is -6.91. The summed E-state index contributed by atoms with van der Waals surface area (Å²) in [7, 11) is 0. The molecule has 0 amide bonds. The number of rotatable bonds is 5. The minimum atomic E-state index is 0.585. The van der Waals surface area contributed by atoms with Gasteiger partial charge >= 0.3 is 0 Å². The first-order valence-corrected chi connectivity index (χ1v) is 17.1. The fraction of sp³-hybridized carbons (Fsp3) is 0. The molecule has 0 radical (unpaired) electrons. The molecule has 8 aromatic carbocycles. The van der Waals surface area contributed by atoms with E-state index in [0.717, 1.165) is 66.3 Å². The molecule has 0 atom stereocenters. The molecule has 0 aliphatic heterocycles. The van der Waals surface area contributed by atoms with Crippen molar-refractivity contribution >= 4 is 43.5 Å². The van der Waals surface area contributed by atoms with Crippen molar-refractivity contribution in [2.45, 2.75) is 0 Å². The molecule has 0 saturated carbocycles. The van der Waals surface area contributed by atoms with E-state index < -0.39 is 0 Å². The molecule has 10 rings (SSSR count). The predicted octanol–water partition coefficient (Wildman–Crippen LogP) is 12.4. The average Bonchev–Trinajstić information content (AvgIpc) is 3.59. The van der Waals surface area contributed by atoms with Gasteiger partial charge in [0.1, 0.15) is 11.2 Å².